The predicted molar refractivity (Wildman–Crippen MR) is 121 cm³/mol. The Balaban J connectivity index is 1.91. The number of amides is 1. The van der Waals surface area contributed by atoms with E-state index in [9.17, 15) is 4.79 Å². The van der Waals surface area contributed by atoms with Crippen LogP contribution in [0, 0.1) is 6.92 Å². The van der Waals surface area contributed by atoms with E-state index in [1.54, 1.807) is 25.3 Å². The molecule has 1 amide bonds. The number of pyridine rings is 1. The van der Waals surface area contributed by atoms with Crippen LogP contribution < -0.4 is 25.5 Å². The highest BCUT2D eigenvalue weighted by atomic mass is 127. The molecule has 0 aliphatic heterocycles. The number of amidine groups is 1. The second kappa shape index (κ2) is 9.05. The number of thiophene rings is 1. The van der Waals surface area contributed by atoms with Crippen LogP contribution in [-0.4, -0.2) is 28.9 Å². The van der Waals surface area contributed by atoms with E-state index in [2.05, 4.69) is 13.5 Å². The Morgan fingerprint density at radius 3 is 2.71 bits per heavy atom. The minimum Gasteiger partial charge on any atom is -0.473 e. The third-order valence-electron chi connectivity index (χ3n) is 4.70. The summed E-state index contributed by atoms with van der Waals surface area (Å²) in [5, 5.41) is 0.723. The molecule has 150 valence electrons. The molecule has 0 spiro atoms. The molecule has 2 aromatic heterocycles. The minimum atomic E-state index is -0.490. The van der Waals surface area contributed by atoms with Crippen LogP contribution in [0.4, 0.5) is 10.7 Å². The van der Waals surface area contributed by atoms with Gasteiger partial charge in [0.15, 0.2) is 0 Å². The molecule has 0 radical (unpaired) electrons. The third kappa shape index (κ3) is 4.55. The highest BCUT2D eigenvalue weighted by Gasteiger charge is 2.23. The average Bonchev–Trinajstić information content (AvgIpc) is 3.02. The van der Waals surface area contributed by atoms with E-state index in [4.69, 9.17) is 21.9 Å². The number of hydrogen-bond donors (Lipinski definition) is 4. The molecule has 3 rings (SSSR count). The number of halogens is 1. The summed E-state index contributed by atoms with van der Waals surface area (Å²) in [5.41, 5.74) is 19.6. The van der Waals surface area contributed by atoms with Gasteiger partial charge in [0.2, 0.25) is 5.88 Å². The number of nitrogens with one attached hydrogen (secondary N) is 1. The number of ether oxygens (including phenoxy) is 1. The molecule has 8 nitrogen and oxygen atoms in total. The first-order valence-corrected chi connectivity index (χ1v) is 10.8. The number of aromatic nitrogens is 1. The van der Waals surface area contributed by atoms with Gasteiger partial charge in [-0.15, -0.1) is 11.3 Å². The van der Waals surface area contributed by atoms with Crippen molar-refractivity contribution in [2.75, 3.05) is 3.53 Å². The molecule has 10 heteroatoms. The highest BCUT2D eigenvalue weighted by molar-refractivity contribution is 14.1. The first-order valence-electron chi connectivity index (χ1n) is 8.92. The lowest BCUT2D eigenvalue weighted by molar-refractivity contribution is 0.100. The summed E-state index contributed by atoms with van der Waals surface area (Å²) in [5.74, 6) is 0.220. The van der Waals surface area contributed by atoms with E-state index in [-0.39, 0.29) is 18.0 Å². The van der Waals surface area contributed by atoms with E-state index in [1.807, 2.05) is 22.9 Å². The van der Waals surface area contributed by atoms with Gasteiger partial charge in [0.25, 0.3) is 5.91 Å². The van der Waals surface area contributed by atoms with Crippen molar-refractivity contribution in [3.8, 4) is 5.88 Å². The Labute approximate surface area is 181 Å². The Bertz CT molecular complexity index is 892. The number of anilines is 1. The fraction of sp³-hybridized carbons (Fsp3) is 0.389. The molecule has 0 aromatic carbocycles. The van der Waals surface area contributed by atoms with E-state index in [1.165, 1.54) is 11.3 Å². The summed E-state index contributed by atoms with van der Waals surface area (Å²) in [6, 6.07) is 3.83. The second-order valence-electron chi connectivity index (χ2n) is 6.70. The molecule has 0 bridgehead atoms. The molecule has 1 aliphatic rings. The lowest BCUT2D eigenvalue weighted by Gasteiger charge is -2.26. The standard InChI is InChI=1S/C18H23IN6O2S/c1-9-13(18(25-19)28-14(9)16(22)26)15(21)24-12-3-2-8-23-17(12)27-11-6-4-10(20)5-7-11/h2-3,8,10-11,25H,4-7,20H2,1H3,(H2,21,24)(H2,22,26). The molecular formula is C18H23IN6O2S. The molecular weight excluding hydrogens is 491 g/mol. The number of nitrogens with two attached hydrogens (primary N) is 3. The van der Waals surface area contributed by atoms with Crippen molar-refractivity contribution in [2.24, 2.45) is 22.2 Å². The zero-order chi connectivity index (χ0) is 20.3. The van der Waals surface area contributed by atoms with E-state index in [0.717, 1.165) is 30.7 Å². The quantitative estimate of drug-likeness (QED) is 0.202. The van der Waals surface area contributed by atoms with Crippen molar-refractivity contribution in [1.82, 2.24) is 4.98 Å². The lowest BCUT2D eigenvalue weighted by atomic mass is 9.94. The zero-order valence-electron chi connectivity index (χ0n) is 15.4. The molecule has 2 aromatic rings. The molecule has 28 heavy (non-hydrogen) atoms. The maximum absolute atomic E-state index is 11.7. The number of carbonyl (C=O) groups is 1. The fourth-order valence-corrected chi connectivity index (χ4v) is 4.79. The molecule has 2 heterocycles. The van der Waals surface area contributed by atoms with Crippen LogP contribution in [0.2, 0.25) is 0 Å². The first kappa shape index (κ1) is 20.8. The summed E-state index contributed by atoms with van der Waals surface area (Å²) in [7, 11) is 0. The van der Waals surface area contributed by atoms with Crippen LogP contribution in [-0.2, 0) is 0 Å². The number of hydrogen-bond acceptors (Lipinski definition) is 7. The second-order valence-corrected chi connectivity index (χ2v) is 8.26. The van der Waals surface area contributed by atoms with Crippen molar-refractivity contribution < 1.29 is 9.53 Å². The van der Waals surface area contributed by atoms with Crippen molar-refractivity contribution in [3.05, 3.63) is 34.3 Å². The Hall–Kier alpha value is -1.92. The topological polar surface area (TPSA) is 142 Å². The van der Waals surface area contributed by atoms with Crippen LogP contribution in [0.3, 0.4) is 0 Å². The van der Waals surface area contributed by atoms with Gasteiger partial charge in [-0.1, -0.05) is 0 Å². The normalized spacial score (nSPS) is 20.0. The first-order chi connectivity index (χ1) is 13.4. The van der Waals surface area contributed by atoms with Crippen molar-refractivity contribution >= 4 is 56.6 Å². The molecule has 1 aliphatic carbocycles. The summed E-state index contributed by atoms with van der Waals surface area (Å²) in [4.78, 5) is 21.0. The van der Waals surface area contributed by atoms with Crippen molar-refractivity contribution in [3.63, 3.8) is 0 Å². The van der Waals surface area contributed by atoms with Gasteiger partial charge in [-0.3, -0.25) is 4.79 Å². The van der Waals surface area contributed by atoms with Crippen LogP contribution in [0.15, 0.2) is 23.3 Å². The maximum atomic E-state index is 11.7. The third-order valence-corrected chi connectivity index (χ3v) is 6.83. The average molecular weight is 514 g/mol. The van der Waals surface area contributed by atoms with Gasteiger partial charge in [-0.2, -0.15) is 0 Å². The molecule has 1 fully saturated rings. The SMILES string of the molecule is Cc1c(C(N)=O)sc(NI)c1C(N)=Nc1cccnc1OC1CCC(N)CC1. The van der Waals surface area contributed by atoms with Gasteiger partial charge in [0.1, 0.15) is 22.6 Å². The number of nitrogens with zero attached hydrogens (tertiary/aromatic N) is 2. The summed E-state index contributed by atoms with van der Waals surface area (Å²) >= 11 is 3.25. The van der Waals surface area contributed by atoms with Crippen LogP contribution >= 0.6 is 34.2 Å². The van der Waals surface area contributed by atoms with E-state index in [0.29, 0.717) is 27.6 Å². The van der Waals surface area contributed by atoms with Crippen LogP contribution in [0.25, 0.3) is 0 Å². The smallest absolute Gasteiger partial charge is 0.259 e. The van der Waals surface area contributed by atoms with Gasteiger partial charge < -0.3 is 25.5 Å². The maximum Gasteiger partial charge on any atom is 0.259 e. The van der Waals surface area contributed by atoms with Gasteiger partial charge in [-0.25, -0.2) is 9.98 Å². The summed E-state index contributed by atoms with van der Waals surface area (Å²) < 4.78 is 9.11. The largest absolute Gasteiger partial charge is 0.473 e. The van der Waals surface area contributed by atoms with Gasteiger partial charge in [0.05, 0.1) is 33.3 Å². The fourth-order valence-electron chi connectivity index (χ4n) is 3.23. The Morgan fingerprint density at radius 2 is 2.07 bits per heavy atom. The van der Waals surface area contributed by atoms with Gasteiger partial charge in [-0.05, 0) is 50.3 Å². The summed E-state index contributed by atoms with van der Waals surface area (Å²) in [6.07, 6.45) is 5.40. The van der Waals surface area contributed by atoms with Crippen LogP contribution in [0.1, 0.15) is 46.5 Å². The minimum absolute atomic E-state index is 0.0702. The van der Waals surface area contributed by atoms with Crippen molar-refractivity contribution in [1.29, 1.82) is 0 Å². The number of primary amides is 1. The molecule has 1 saturated carbocycles. The van der Waals surface area contributed by atoms with E-state index >= 15 is 0 Å². The molecule has 0 unspecified atom stereocenters. The van der Waals surface area contributed by atoms with Gasteiger partial charge >= 0.3 is 0 Å². The Morgan fingerprint density at radius 1 is 1.36 bits per heavy atom. The number of rotatable bonds is 6. The number of aliphatic imine (C=N–C) groups is 1. The molecule has 0 saturated heterocycles. The number of carbonyl (C=O) groups excluding carboxylic acids is 1. The summed E-state index contributed by atoms with van der Waals surface area (Å²) in [6.45, 7) is 1.80. The van der Waals surface area contributed by atoms with E-state index < -0.39 is 5.91 Å². The molecule has 7 N–H and O–H groups in total. The Kier molecular flexibility index (Phi) is 6.73. The van der Waals surface area contributed by atoms with Crippen molar-refractivity contribution in [2.45, 2.75) is 44.8 Å². The highest BCUT2D eigenvalue weighted by Crippen LogP contribution is 2.35. The monoisotopic (exact) mass is 514 g/mol. The zero-order valence-corrected chi connectivity index (χ0v) is 18.4. The van der Waals surface area contributed by atoms with Gasteiger partial charge in [0, 0.05) is 12.2 Å². The van der Waals surface area contributed by atoms with Crippen LogP contribution in [0.5, 0.6) is 5.88 Å². The lowest BCUT2D eigenvalue weighted by Crippen LogP contribution is -2.31. The molecule has 0 atom stereocenters. The predicted octanol–water partition coefficient (Wildman–Crippen LogP) is 3.00.